The molecule has 2 heterocycles. The summed E-state index contributed by atoms with van der Waals surface area (Å²) in [5.74, 6) is 0.153. The van der Waals surface area contributed by atoms with Crippen molar-refractivity contribution in [1.29, 1.82) is 0 Å². The van der Waals surface area contributed by atoms with Crippen LogP contribution in [0.1, 0.15) is 31.4 Å². The second kappa shape index (κ2) is 7.13. The lowest BCUT2D eigenvalue weighted by atomic mass is 9.97. The summed E-state index contributed by atoms with van der Waals surface area (Å²) in [6.45, 7) is 3.53. The zero-order valence-electron chi connectivity index (χ0n) is 13.2. The van der Waals surface area contributed by atoms with Crippen LogP contribution in [0.25, 0.3) is 0 Å². The van der Waals surface area contributed by atoms with E-state index in [0.717, 1.165) is 36.5 Å². The molecule has 5 nitrogen and oxygen atoms in total. The Morgan fingerprint density at radius 2 is 2.09 bits per heavy atom. The number of nitrogens with zero attached hydrogens (tertiary/aromatic N) is 4. The highest BCUT2D eigenvalue weighted by Gasteiger charge is 2.27. The third-order valence-electron chi connectivity index (χ3n) is 4.50. The summed E-state index contributed by atoms with van der Waals surface area (Å²) >= 11 is 6.19. The molecule has 2 aromatic rings. The van der Waals surface area contributed by atoms with Crippen LogP contribution in [0.2, 0.25) is 5.02 Å². The van der Waals surface area contributed by atoms with Crippen molar-refractivity contribution in [3.05, 3.63) is 47.2 Å². The van der Waals surface area contributed by atoms with Gasteiger partial charge in [-0.05, 0) is 30.9 Å². The summed E-state index contributed by atoms with van der Waals surface area (Å²) < 4.78 is 1.90. The Morgan fingerprint density at radius 1 is 1.35 bits per heavy atom. The summed E-state index contributed by atoms with van der Waals surface area (Å²) in [6.07, 6.45) is 6.12. The number of amides is 1. The van der Waals surface area contributed by atoms with Gasteiger partial charge in [0.2, 0.25) is 5.91 Å². The molecule has 0 saturated carbocycles. The van der Waals surface area contributed by atoms with Gasteiger partial charge in [-0.1, -0.05) is 41.9 Å². The number of carbonyl (C=O) groups excluding carboxylic acids is 1. The summed E-state index contributed by atoms with van der Waals surface area (Å²) in [7, 11) is 0. The third-order valence-corrected chi connectivity index (χ3v) is 4.87. The van der Waals surface area contributed by atoms with Gasteiger partial charge in [0.1, 0.15) is 0 Å². The molecule has 0 radical (unpaired) electrons. The topological polar surface area (TPSA) is 51.0 Å². The van der Waals surface area contributed by atoms with E-state index in [4.69, 9.17) is 11.6 Å². The largest absolute Gasteiger partial charge is 0.342 e. The molecule has 1 saturated heterocycles. The minimum absolute atomic E-state index is 0.0576. The lowest BCUT2D eigenvalue weighted by molar-refractivity contribution is -0.136. The molecule has 6 heteroatoms. The fraction of sp³-hybridized carbons (Fsp3) is 0.471. The molecule has 1 aliphatic heterocycles. The van der Waals surface area contributed by atoms with Gasteiger partial charge in [0, 0.05) is 30.2 Å². The smallest absolute Gasteiger partial charge is 0.225 e. The standard InChI is InChI=1S/C17H21ClN4O/c1-13(12-14-4-2-3-5-16(14)18)17(23)21-9-6-15(7-10-21)22-11-8-19-20-22/h2-5,8,11,13,15H,6-7,9-10,12H2,1H3/t13-/m1/s1. The molecule has 0 N–H and O–H groups in total. The Kier molecular flexibility index (Phi) is 4.96. The Balaban J connectivity index is 1.55. The zero-order valence-corrected chi connectivity index (χ0v) is 14.0. The fourth-order valence-corrected chi connectivity index (χ4v) is 3.37. The zero-order chi connectivity index (χ0) is 16.2. The maximum Gasteiger partial charge on any atom is 0.225 e. The van der Waals surface area contributed by atoms with E-state index in [9.17, 15) is 4.79 Å². The van der Waals surface area contributed by atoms with Crippen molar-refractivity contribution in [1.82, 2.24) is 19.9 Å². The number of benzene rings is 1. The highest BCUT2D eigenvalue weighted by Crippen LogP contribution is 2.24. The molecule has 1 atom stereocenters. The Hall–Kier alpha value is -1.88. The second-order valence-electron chi connectivity index (χ2n) is 6.14. The average molecular weight is 333 g/mol. The van der Waals surface area contributed by atoms with Crippen molar-refractivity contribution < 1.29 is 4.79 Å². The minimum Gasteiger partial charge on any atom is -0.342 e. The van der Waals surface area contributed by atoms with Crippen LogP contribution in [-0.2, 0) is 11.2 Å². The Morgan fingerprint density at radius 3 is 2.74 bits per heavy atom. The summed E-state index contributed by atoms with van der Waals surface area (Å²) in [6, 6.07) is 8.08. The molecule has 3 rings (SSSR count). The molecule has 1 amide bonds. The van der Waals surface area contributed by atoms with E-state index < -0.39 is 0 Å². The molecule has 1 fully saturated rings. The Labute approximate surface area is 141 Å². The van der Waals surface area contributed by atoms with Crippen LogP contribution in [0.15, 0.2) is 36.7 Å². The van der Waals surface area contributed by atoms with Crippen LogP contribution in [0.4, 0.5) is 0 Å². The number of carbonyl (C=O) groups is 1. The van der Waals surface area contributed by atoms with Crippen molar-refractivity contribution in [2.75, 3.05) is 13.1 Å². The molecule has 23 heavy (non-hydrogen) atoms. The summed E-state index contributed by atoms with van der Waals surface area (Å²) in [5.41, 5.74) is 1.03. The molecular formula is C17H21ClN4O. The fourth-order valence-electron chi connectivity index (χ4n) is 3.16. The number of hydrogen-bond donors (Lipinski definition) is 0. The monoisotopic (exact) mass is 332 g/mol. The van der Waals surface area contributed by atoms with E-state index in [-0.39, 0.29) is 11.8 Å². The van der Waals surface area contributed by atoms with E-state index in [1.165, 1.54) is 0 Å². The van der Waals surface area contributed by atoms with Crippen LogP contribution in [-0.4, -0.2) is 38.9 Å². The normalized spacial score (nSPS) is 17.2. The maximum absolute atomic E-state index is 12.7. The average Bonchev–Trinajstić information content (AvgIpc) is 3.11. The van der Waals surface area contributed by atoms with Gasteiger partial charge in [-0.25, -0.2) is 4.68 Å². The van der Waals surface area contributed by atoms with Gasteiger partial charge in [0.25, 0.3) is 0 Å². The SMILES string of the molecule is C[C@H](Cc1ccccc1Cl)C(=O)N1CCC(n2ccnn2)CC1. The first-order valence-corrected chi connectivity index (χ1v) is 8.41. The van der Waals surface area contributed by atoms with Gasteiger partial charge in [-0.15, -0.1) is 5.10 Å². The first kappa shape index (κ1) is 16.0. The number of halogens is 1. The lowest BCUT2D eigenvalue weighted by Crippen LogP contribution is -2.42. The van der Waals surface area contributed by atoms with E-state index in [1.807, 2.05) is 47.0 Å². The summed E-state index contributed by atoms with van der Waals surface area (Å²) in [4.78, 5) is 14.6. The van der Waals surface area contributed by atoms with Crippen LogP contribution in [0.5, 0.6) is 0 Å². The molecule has 1 aromatic heterocycles. The number of likely N-dealkylation sites (tertiary alicyclic amines) is 1. The van der Waals surface area contributed by atoms with Crippen LogP contribution in [0, 0.1) is 5.92 Å². The van der Waals surface area contributed by atoms with Crippen LogP contribution >= 0.6 is 11.6 Å². The van der Waals surface area contributed by atoms with Crippen molar-refractivity contribution >= 4 is 17.5 Å². The molecule has 1 aliphatic rings. The van der Waals surface area contributed by atoms with E-state index in [0.29, 0.717) is 12.5 Å². The van der Waals surface area contributed by atoms with E-state index in [2.05, 4.69) is 10.3 Å². The number of hydrogen-bond acceptors (Lipinski definition) is 3. The van der Waals surface area contributed by atoms with Gasteiger partial charge >= 0.3 is 0 Å². The Bertz CT molecular complexity index is 650. The van der Waals surface area contributed by atoms with Gasteiger partial charge in [-0.3, -0.25) is 4.79 Å². The quantitative estimate of drug-likeness (QED) is 0.865. The molecular weight excluding hydrogens is 312 g/mol. The van der Waals surface area contributed by atoms with E-state index in [1.54, 1.807) is 6.20 Å². The number of rotatable bonds is 4. The number of aromatic nitrogens is 3. The molecule has 0 spiro atoms. The molecule has 0 unspecified atom stereocenters. The molecule has 0 bridgehead atoms. The van der Waals surface area contributed by atoms with Crippen LogP contribution in [0.3, 0.4) is 0 Å². The van der Waals surface area contributed by atoms with Gasteiger partial charge in [-0.2, -0.15) is 0 Å². The molecule has 0 aliphatic carbocycles. The predicted molar refractivity (Wildman–Crippen MR) is 89.2 cm³/mol. The molecule has 122 valence electrons. The van der Waals surface area contributed by atoms with E-state index >= 15 is 0 Å². The number of piperidine rings is 1. The van der Waals surface area contributed by atoms with Crippen LogP contribution < -0.4 is 0 Å². The first-order valence-electron chi connectivity index (χ1n) is 8.03. The van der Waals surface area contributed by atoms with Crippen molar-refractivity contribution in [3.63, 3.8) is 0 Å². The predicted octanol–water partition coefficient (Wildman–Crippen LogP) is 2.97. The van der Waals surface area contributed by atoms with Crippen molar-refractivity contribution in [2.24, 2.45) is 5.92 Å². The summed E-state index contributed by atoms with van der Waals surface area (Å²) in [5, 5.41) is 8.65. The van der Waals surface area contributed by atoms with Crippen molar-refractivity contribution in [3.8, 4) is 0 Å². The first-order chi connectivity index (χ1) is 11.1. The van der Waals surface area contributed by atoms with Gasteiger partial charge in [0.15, 0.2) is 0 Å². The highest BCUT2D eigenvalue weighted by atomic mass is 35.5. The minimum atomic E-state index is -0.0576. The molecule has 1 aromatic carbocycles. The maximum atomic E-state index is 12.7. The van der Waals surface area contributed by atoms with Crippen molar-refractivity contribution in [2.45, 2.75) is 32.2 Å². The third kappa shape index (κ3) is 3.72. The van der Waals surface area contributed by atoms with Gasteiger partial charge < -0.3 is 4.90 Å². The van der Waals surface area contributed by atoms with Gasteiger partial charge in [0.05, 0.1) is 12.2 Å². The highest BCUT2D eigenvalue weighted by molar-refractivity contribution is 6.31. The lowest BCUT2D eigenvalue weighted by Gasteiger charge is -2.33. The second-order valence-corrected chi connectivity index (χ2v) is 6.54.